The highest BCUT2D eigenvalue weighted by Crippen LogP contribution is 2.22. The number of aromatic nitrogens is 4. The van der Waals surface area contributed by atoms with Gasteiger partial charge in [-0.15, -0.1) is 5.10 Å². The second-order valence-electron chi connectivity index (χ2n) is 4.80. The van der Waals surface area contributed by atoms with Crippen LogP contribution < -0.4 is 0 Å². The summed E-state index contributed by atoms with van der Waals surface area (Å²) in [7, 11) is 0. The second-order valence-corrected chi connectivity index (χ2v) is 5.71. The fraction of sp³-hybridized carbons (Fsp3) is 0.385. The molecule has 2 aromatic rings. The van der Waals surface area contributed by atoms with E-state index in [0.29, 0.717) is 11.6 Å². The summed E-state index contributed by atoms with van der Waals surface area (Å²) in [6.45, 7) is 1.46. The molecule has 0 unspecified atom stereocenters. The lowest BCUT2D eigenvalue weighted by Crippen LogP contribution is -2.39. The molecule has 0 saturated carbocycles. The third-order valence-corrected chi connectivity index (χ3v) is 3.95. The monoisotopic (exact) mass is 335 g/mol. The van der Waals surface area contributed by atoms with E-state index >= 15 is 0 Å². The van der Waals surface area contributed by atoms with Gasteiger partial charge in [-0.1, -0.05) is 5.21 Å². The molecular formula is C13H14BrN5O. The average Bonchev–Trinajstić information content (AvgIpc) is 3.01. The smallest absolute Gasteiger partial charge is 0.255 e. The lowest BCUT2D eigenvalue weighted by atomic mass is 10.0. The van der Waals surface area contributed by atoms with Crippen molar-refractivity contribution < 1.29 is 4.79 Å². The number of rotatable bonds is 2. The molecule has 1 amide bonds. The maximum absolute atomic E-state index is 12.4. The van der Waals surface area contributed by atoms with Crippen LogP contribution in [0.1, 0.15) is 29.2 Å². The summed E-state index contributed by atoms with van der Waals surface area (Å²) < 4.78 is 2.70. The maximum Gasteiger partial charge on any atom is 0.255 e. The van der Waals surface area contributed by atoms with Crippen LogP contribution in [0.5, 0.6) is 0 Å². The van der Waals surface area contributed by atoms with Gasteiger partial charge in [0.2, 0.25) is 0 Å². The van der Waals surface area contributed by atoms with Crippen LogP contribution in [0.25, 0.3) is 0 Å². The minimum Gasteiger partial charge on any atom is -0.338 e. The van der Waals surface area contributed by atoms with Crippen LogP contribution >= 0.6 is 15.9 Å². The van der Waals surface area contributed by atoms with Gasteiger partial charge in [0, 0.05) is 36.2 Å². The second kappa shape index (κ2) is 5.70. The van der Waals surface area contributed by atoms with Crippen LogP contribution in [0.15, 0.2) is 35.3 Å². The molecule has 0 N–H and O–H groups in total. The van der Waals surface area contributed by atoms with Gasteiger partial charge < -0.3 is 4.90 Å². The van der Waals surface area contributed by atoms with E-state index in [4.69, 9.17) is 0 Å². The van der Waals surface area contributed by atoms with Crippen LogP contribution in [-0.4, -0.2) is 43.9 Å². The van der Waals surface area contributed by atoms with E-state index in [9.17, 15) is 4.79 Å². The first-order chi connectivity index (χ1) is 9.74. The molecule has 0 bridgehead atoms. The number of likely N-dealkylation sites (tertiary alicyclic amines) is 1. The minimum atomic E-state index is 0.0378. The van der Waals surface area contributed by atoms with Gasteiger partial charge in [0.1, 0.15) is 0 Å². The summed E-state index contributed by atoms with van der Waals surface area (Å²) in [6.07, 6.45) is 8.64. The number of amides is 1. The zero-order chi connectivity index (χ0) is 13.9. The SMILES string of the molecule is O=C(c1cncc(Br)c1)N1CCC(n2ccnn2)CC1. The fourth-order valence-corrected chi connectivity index (χ4v) is 2.82. The van der Waals surface area contributed by atoms with E-state index in [0.717, 1.165) is 30.4 Å². The summed E-state index contributed by atoms with van der Waals surface area (Å²) in [5, 5.41) is 7.85. The summed E-state index contributed by atoms with van der Waals surface area (Å²) in [4.78, 5) is 18.3. The predicted octanol–water partition coefficient (Wildman–Crippen LogP) is 1.91. The summed E-state index contributed by atoms with van der Waals surface area (Å²) >= 11 is 3.34. The Morgan fingerprint density at radius 2 is 2.10 bits per heavy atom. The molecule has 20 heavy (non-hydrogen) atoms. The van der Waals surface area contributed by atoms with Crippen molar-refractivity contribution in [2.45, 2.75) is 18.9 Å². The molecule has 1 saturated heterocycles. The fourth-order valence-electron chi connectivity index (χ4n) is 2.46. The Bertz CT molecular complexity index is 593. The molecule has 0 aromatic carbocycles. The van der Waals surface area contributed by atoms with Gasteiger partial charge in [-0.2, -0.15) is 0 Å². The van der Waals surface area contributed by atoms with Gasteiger partial charge in [0.25, 0.3) is 5.91 Å². The van der Waals surface area contributed by atoms with Crippen LogP contribution in [0.4, 0.5) is 0 Å². The van der Waals surface area contributed by atoms with Crippen LogP contribution in [0, 0.1) is 0 Å². The molecule has 1 aliphatic rings. The normalized spacial score (nSPS) is 16.4. The molecule has 7 heteroatoms. The Hall–Kier alpha value is -1.76. The molecule has 1 aliphatic heterocycles. The van der Waals surface area contributed by atoms with E-state index in [1.807, 2.05) is 15.8 Å². The Balaban J connectivity index is 1.65. The molecule has 104 valence electrons. The highest BCUT2D eigenvalue weighted by Gasteiger charge is 2.25. The van der Waals surface area contributed by atoms with Gasteiger partial charge in [0.05, 0.1) is 17.8 Å². The van der Waals surface area contributed by atoms with Crippen molar-refractivity contribution in [3.8, 4) is 0 Å². The van der Waals surface area contributed by atoms with Gasteiger partial charge in [-0.25, -0.2) is 4.68 Å². The zero-order valence-corrected chi connectivity index (χ0v) is 12.4. The van der Waals surface area contributed by atoms with Crippen LogP contribution in [-0.2, 0) is 0 Å². The minimum absolute atomic E-state index is 0.0378. The van der Waals surface area contributed by atoms with E-state index in [1.54, 1.807) is 24.7 Å². The quantitative estimate of drug-likeness (QED) is 0.840. The lowest BCUT2D eigenvalue weighted by molar-refractivity contribution is 0.0688. The number of nitrogens with zero attached hydrogens (tertiary/aromatic N) is 5. The van der Waals surface area contributed by atoms with E-state index < -0.39 is 0 Å². The molecule has 0 atom stereocenters. The van der Waals surface area contributed by atoms with Crippen molar-refractivity contribution in [3.63, 3.8) is 0 Å². The van der Waals surface area contributed by atoms with E-state index in [-0.39, 0.29) is 5.91 Å². The van der Waals surface area contributed by atoms with Crippen molar-refractivity contribution in [2.24, 2.45) is 0 Å². The molecule has 3 heterocycles. The lowest BCUT2D eigenvalue weighted by Gasteiger charge is -2.31. The molecule has 0 aliphatic carbocycles. The Morgan fingerprint density at radius 3 is 2.75 bits per heavy atom. The predicted molar refractivity (Wildman–Crippen MR) is 76.1 cm³/mol. The average molecular weight is 336 g/mol. The molecule has 1 fully saturated rings. The molecule has 0 spiro atoms. The first-order valence-electron chi connectivity index (χ1n) is 6.49. The molecular weight excluding hydrogens is 322 g/mol. The van der Waals surface area contributed by atoms with Crippen molar-refractivity contribution in [2.75, 3.05) is 13.1 Å². The highest BCUT2D eigenvalue weighted by atomic mass is 79.9. The van der Waals surface area contributed by atoms with E-state index in [1.165, 1.54) is 0 Å². The number of hydrogen-bond donors (Lipinski definition) is 0. The topological polar surface area (TPSA) is 63.9 Å². The third-order valence-electron chi connectivity index (χ3n) is 3.52. The Morgan fingerprint density at radius 1 is 1.30 bits per heavy atom. The first kappa shape index (κ1) is 13.2. The molecule has 3 rings (SSSR count). The number of carbonyl (C=O) groups excluding carboxylic acids is 1. The summed E-state index contributed by atoms with van der Waals surface area (Å²) in [5.74, 6) is 0.0378. The van der Waals surface area contributed by atoms with Crippen molar-refractivity contribution >= 4 is 21.8 Å². The third kappa shape index (κ3) is 2.72. The number of piperidine rings is 1. The number of pyridine rings is 1. The largest absolute Gasteiger partial charge is 0.338 e. The first-order valence-corrected chi connectivity index (χ1v) is 7.29. The molecule has 0 radical (unpaired) electrons. The van der Waals surface area contributed by atoms with Gasteiger partial charge >= 0.3 is 0 Å². The number of halogens is 1. The molecule has 2 aromatic heterocycles. The number of hydrogen-bond acceptors (Lipinski definition) is 4. The van der Waals surface area contributed by atoms with Crippen LogP contribution in [0.3, 0.4) is 0 Å². The zero-order valence-electron chi connectivity index (χ0n) is 10.8. The molecule has 6 nitrogen and oxygen atoms in total. The van der Waals surface area contributed by atoms with Crippen molar-refractivity contribution in [3.05, 3.63) is 40.9 Å². The van der Waals surface area contributed by atoms with Gasteiger partial charge in [-0.05, 0) is 34.8 Å². The Kier molecular flexibility index (Phi) is 3.77. The highest BCUT2D eigenvalue weighted by molar-refractivity contribution is 9.10. The van der Waals surface area contributed by atoms with E-state index in [2.05, 4.69) is 31.2 Å². The van der Waals surface area contributed by atoms with Crippen molar-refractivity contribution in [1.82, 2.24) is 24.9 Å². The van der Waals surface area contributed by atoms with Gasteiger partial charge in [0.15, 0.2) is 0 Å². The van der Waals surface area contributed by atoms with Gasteiger partial charge in [-0.3, -0.25) is 9.78 Å². The van der Waals surface area contributed by atoms with Crippen molar-refractivity contribution in [1.29, 1.82) is 0 Å². The summed E-state index contributed by atoms with van der Waals surface area (Å²) in [5.41, 5.74) is 0.624. The summed E-state index contributed by atoms with van der Waals surface area (Å²) in [6, 6.07) is 2.14. The van der Waals surface area contributed by atoms with Crippen LogP contribution in [0.2, 0.25) is 0 Å². The maximum atomic E-state index is 12.4. The number of carbonyl (C=O) groups is 1. The standard InChI is InChI=1S/C13H14BrN5O/c14-11-7-10(8-15-9-11)13(20)18-4-1-12(2-5-18)19-6-3-16-17-19/h3,6-9,12H,1-2,4-5H2. The Labute approximate surface area is 124 Å².